The van der Waals surface area contributed by atoms with Crippen LogP contribution in [0.1, 0.15) is 66.8 Å². The van der Waals surface area contributed by atoms with Crippen LogP contribution in [0.5, 0.6) is 0 Å². The van der Waals surface area contributed by atoms with E-state index in [1.54, 1.807) is 0 Å². The van der Waals surface area contributed by atoms with Crippen molar-refractivity contribution in [3.8, 4) is 0 Å². The smallest absolute Gasteiger partial charge is 0.0116 e. The molecule has 0 aromatic heterocycles. The minimum Gasteiger partial charge on any atom is -0.0587 e. The van der Waals surface area contributed by atoms with Crippen LogP contribution in [-0.4, -0.2) is 0 Å². The first-order valence-corrected chi connectivity index (χ1v) is 20.8. The van der Waals surface area contributed by atoms with E-state index in [0.29, 0.717) is 0 Å². The lowest BCUT2D eigenvalue weighted by atomic mass is 9.96. The fraction of sp³-hybridized carbons (Fsp3) is 0.250. The van der Waals surface area contributed by atoms with Crippen LogP contribution in [0.2, 0.25) is 0 Å². The number of benzene rings is 6. The van der Waals surface area contributed by atoms with Gasteiger partial charge in [-0.2, -0.15) is 0 Å². The van der Waals surface area contributed by atoms with Gasteiger partial charge in [-0.05, 0) is 151 Å². The lowest BCUT2D eigenvalue weighted by molar-refractivity contribution is 0.933. The molecule has 10 rings (SSSR count). The van der Waals surface area contributed by atoms with Crippen LogP contribution in [0.3, 0.4) is 0 Å². The fourth-order valence-electron chi connectivity index (χ4n) is 8.10. The summed E-state index contributed by atoms with van der Waals surface area (Å²) in [5.74, 6) is 0. The molecule has 0 fully saturated rings. The molecule has 50 heavy (non-hydrogen) atoms. The van der Waals surface area contributed by atoms with Gasteiger partial charge in [-0.15, -0.1) is 0 Å². The Hall–Kier alpha value is -3.82. The number of hydrogen-bond donors (Lipinski definition) is 0. The molecule has 252 valence electrons. The van der Waals surface area contributed by atoms with Crippen LogP contribution < -0.4 is 31.8 Å². The van der Waals surface area contributed by atoms with Crippen LogP contribution >= 0.6 is 15.8 Å². The molecule has 0 amide bonds. The van der Waals surface area contributed by atoms with E-state index >= 15 is 0 Å². The molecule has 4 aliphatic carbocycles. The molecule has 6 aromatic rings. The normalized spacial score (nSPS) is 12.8. The Morgan fingerprint density at radius 3 is 0.820 bits per heavy atom. The van der Waals surface area contributed by atoms with Gasteiger partial charge < -0.3 is 0 Å². The average Bonchev–Trinajstić information content (AvgIpc) is 3.01. The van der Waals surface area contributed by atoms with E-state index < -0.39 is 15.8 Å². The highest BCUT2D eigenvalue weighted by atomic mass is 31.1. The Bertz CT molecular complexity index is 1880. The van der Waals surface area contributed by atoms with E-state index in [1.807, 2.05) is 0 Å². The molecule has 0 unspecified atom stereocenters. The zero-order valence-corrected chi connectivity index (χ0v) is 32.9. The number of rotatable bonds is 6. The highest BCUT2D eigenvalue weighted by Crippen LogP contribution is 2.39. The summed E-state index contributed by atoms with van der Waals surface area (Å²) in [5.41, 5.74) is 16.7. The molecule has 0 nitrogen and oxygen atoms in total. The van der Waals surface area contributed by atoms with Gasteiger partial charge in [0.2, 0.25) is 0 Å². The second-order valence-electron chi connectivity index (χ2n) is 15.0. The topological polar surface area (TPSA) is 0 Å². The summed E-state index contributed by atoms with van der Waals surface area (Å²) in [6.45, 7) is 18.0. The summed E-state index contributed by atoms with van der Waals surface area (Å²) >= 11 is 0. The van der Waals surface area contributed by atoms with Crippen molar-refractivity contribution in [3.63, 3.8) is 0 Å². The van der Waals surface area contributed by atoms with Crippen molar-refractivity contribution in [1.82, 2.24) is 0 Å². The third kappa shape index (κ3) is 7.59. The molecule has 0 saturated heterocycles. The van der Waals surface area contributed by atoms with E-state index in [0.717, 1.165) is 25.7 Å². The van der Waals surface area contributed by atoms with Gasteiger partial charge in [0.25, 0.3) is 0 Å². The van der Waals surface area contributed by atoms with E-state index in [-0.39, 0.29) is 0 Å². The average molecular weight is 689 g/mol. The van der Waals surface area contributed by atoms with Gasteiger partial charge in [0, 0.05) is 0 Å². The van der Waals surface area contributed by atoms with Gasteiger partial charge in [-0.1, -0.05) is 154 Å². The largest absolute Gasteiger partial charge is 0.0587 e. The highest BCUT2D eigenvalue weighted by molar-refractivity contribution is 7.80. The predicted molar refractivity (Wildman–Crippen MR) is 223 cm³/mol. The maximum absolute atomic E-state index is 2.60. The molecular weight excluding hydrogens is 638 g/mol. The minimum absolute atomic E-state index is 0.707. The monoisotopic (exact) mass is 688 g/mol. The molecule has 0 atom stereocenters. The summed E-state index contributed by atoms with van der Waals surface area (Å²) < 4.78 is 0. The maximum atomic E-state index is 2.60. The molecule has 0 aliphatic heterocycles. The number of aryl methyl sites for hydroxylation is 12. The lowest BCUT2D eigenvalue weighted by Gasteiger charge is -2.27. The highest BCUT2D eigenvalue weighted by Gasteiger charge is 2.25. The van der Waals surface area contributed by atoms with Gasteiger partial charge in [-0.25, -0.2) is 0 Å². The first-order valence-electron chi connectivity index (χ1n) is 18.2. The molecule has 6 aromatic carbocycles. The van der Waals surface area contributed by atoms with Gasteiger partial charge in [0.05, 0.1) is 0 Å². The zero-order valence-electron chi connectivity index (χ0n) is 31.1. The molecular formula is C48H50P2. The second-order valence-corrected chi connectivity index (χ2v) is 19.4. The van der Waals surface area contributed by atoms with Crippen molar-refractivity contribution < 1.29 is 0 Å². The Balaban J connectivity index is 1.36. The summed E-state index contributed by atoms with van der Waals surface area (Å²) in [5, 5.41) is 8.93. The van der Waals surface area contributed by atoms with Crippen LogP contribution in [-0.2, 0) is 25.7 Å². The fourth-order valence-corrected chi connectivity index (χ4v) is 14.0. The third-order valence-electron chi connectivity index (χ3n) is 10.0. The Morgan fingerprint density at radius 2 is 0.560 bits per heavy atom. The lowest BCUT2D eigenvalue weighted by Crippen LogP contribution is -2.27. The van der Waals surface area contributed by atoms with Gasteiger partial charge in [-0.3, -0.25) is 0 Å². The molecule has 0 saturated carbocycles. The molecule has 0 N–H and O–H groups in total. The molecule has 0 spiro atoms. The number of hydrogen-bond acceptors (Lipinski definition) is 0. The van der Waals surface area contributed by atoms with Crippen molar-refractivity contribution in [3.05, 3.63) is 176 Å². The molecule has 0 heterocycles. The third-order valence-corrected chi connectivity index (χ3v) is 14.9. The Labute approximate surface area is 303 Å². The van der Waals surface area contributed by atoms with Gasteiger partial charge in [0.15, 0.2) is 0 Å². The quantitative estimate of drug-likeness (QED) is 0.153. The summed E-state index contributed by atoms with van der Waals surface area (Å²) in [6.07, 6.45) is 4.14. The van der Waals surface area contributed by atoms with E-state index in [4.69, 9.17) is 0 Å². The van der Waals surface area contributed by atoms with Gasteiger partial charge >= 0.3 is 0 Å². The van der Waals surface area contributed by atoms with Crippen molar-refractivity contribution >= 4 is 47.7 Å². The summed E-state index contributed by atoms with van der Waals surface area (Å²) in [6, 6.07) is 43.8. The predicted octanol–water partition coefficient (Wildman–Crippen LogP) is 9.55. The van der Waals surface area contributed by atoms with Crippen LogP contribution in [0, 0.1) is 55.4 Å². The van der Waals surface area contributed by atoms with Crippen LogP contribution in [0.15, 0.2) is 109 Å². The van der Waals surface area contributed by atoms with E-state index in [2.05, 4.69) is 165 Å². The first-order chi connectivity index (χ1) is 24.0. The van der Waals surface area contributed by atoms with Crippen LogP contribution in [0.4, 0.5) is 0 Å². The molecule has 4 bridgehead atoms. The second kappa shape index (κ2) is 14.4. The maximum Gasteiger partial charge on any atom is -0.0116 e. The van der Waals surface area contributed by atoms with Crippen molar-refractivity contribution in [2.24, 2.45) is 0 Å². The first kappa shape index (κ1) is 34.6. The van der Waals surface area contributed by atoms with Crippen molar-refractivity contribution in [2.75, 3.05) is 0 Å². The Morgan fingerprint density at radius 1 is 0.300 bits per heavy atom. The van der Waals surface area contributed by atoms with Crippen molar-refractivity contribution in [2.45, 2.75) is 81.1 Å². The van der Waals surface area contributed by atoms with Crippen molar-refractivity contribution in [1.29, 1.82) is 0 Å². The molecule has 0 radical (unpaired) electrons. The molecule has 4 aliphatic rings. The van der Waals surface area contributed by atoms with Crippen LogP contribution in [0.25, 0.3) is 0 Å². The van der Waals surface area contributed by atoms with Gasteiger partial charge in [0.1, 0.15) is 0 Å². The standard InChI is InChI=1S/C48H50P2/c1-31-17-32(2)22-43(21-31)49(44-23-33(3)18-34(4)24-44)47-29-39-9-13-41(47)15-11-40-10-14-42(16-12-39)48(30-40)50(45-25-35(5)19-36(6)26-45)46-27-37(7)20-38(8)28-46/h9-10,13-14,17-30H,11-12,15-16H2,1-8H3. The zero-order chi connectivity index (χ0) is 35.1. The minimum atomic E-state index is -0.707. The summed E-state index contributed by atoms with van der Waals surface area (Å²) in [4.78, 5) is 0. The molecule has 2 heteroatoms. The van der Waals surface area contributed by atoms with E-state index in [1.165, 1.54) is 98.6 Å². The Kier molecular flexibility index (Phi) is 9.99. The SMILES string of the molecule is Cc1cc(C)cc(P(c2cc(C)cc(C)c2)c2cc3ccc2CCc2ccc(c(P(c4cc(C)cc(C)c4)c4cc(C)cc(C)c4)c2)CC3)c1. The van der Waals surface area contributed by atoms with E-state index in [9.17, 15) is 0 Å². The summed E-state index contributed by atoms with van der Waals surface area (Å²) in [7, 11) is -1.41.